The largest absolute Gasteiger partial charge is 0.495 e. The van der Waals surface area contributed by atoms with Crippen molar-refractivity contribution in [1.29, 1.82) is 0 Å². The summed E-state index contributed by atoms with van der Waals surface area (Å²) in [5, 5.41) is 7.38. The number of benzene rings is 1. The summed E-state index contributed by atoms with van der Waals surface area (Å²) in [7, 11) is -2.45. The molecule has 0 aliphatic heterocycles. The van der Waals surface area contributed by atoms with Crippen molar-refractivity contribution in [1.82, 2.24) is 10.2 Å². The van der Waals surface area contributed by atoms with Crippen molar-refractivity contribution >= 4 is 43.4 Å². The lowest BCUT2D eigenvalue weighted by atomic mass is 10.3. The smallest absolute Gasteiger partial charge is 0.266 e. The highest BCUT2D eigenvalue weighted by Crippen LogP contribution is 2.28. The highest BCUT2D eigenvalue weighted by Gasteiger charge is 2.20. The fraction of sp³-hybridized carbons (Fsp3) is 0.0909. The fourth-order valence-electron chi connectivity index (χ4n) is 1.42. The second kappa shape index (κ2) is 5.94. The minimum absolute atomic E-state index is 0.00822. The Kier molecular flexibility index (Phi) is 4.46. The maximum Gasteiger partial charge on any atom is 0.266 e. The van der Waals surface area contributed by atoms with Crippen LogP contribution in [0.2, 0.25) is 5.15 Å². The topological polar surface area (TPSA) is 81.2 Å². The number of hydrogen-bond donors (Lipinski definition) is 1. The Morgan fingerprint density at radius 1 is 1.25 bits per heavy atom. The van der Waals surface area contributed by atoms with Gasteiger partial charge in [-0.3, -0.25) is 4.72 Å². The molecule has 1 heterocycles. The van der Waals surface area contributed by atoms with Gasteiger partial charge in [-0.25, -0.2) is 8.42 Å². The summed E-state index contributed by atoms with van der Waals surface area (Å²) < 4.78 is 32.6. The lowest BCUT2D eigenvalue weighted by Crippen LogP contribution is -2.15. The molecule has 0 amide bonds. The van der Waals surface area contributed by atoms with E-state index in [0.29, 0.717) is 4.47 Å². The number of nitrogens with zero attached hydrogens (tertiary/aromatic N) is 2. The zero-order chi connectivity index (χ0) is 14.8. The zero-order valence-electron chi connectivity index (χ0n) is 10.2. The first-order chi connectivity index (χ1) is 9.42. The van der Waals surface area contributed by atoms with Crippen LogP contribution in [0.1, 0.15) is 0 Å². The quantitative estimate of drug-likeness (QED) is 0.884. The first-order valence-electron chi connectivity index (χ1n) is 5.28. The first-order valence-corrected chi connectivity index (χ1v) is 7.93. The number of sulfonamides is 1. The second-order valence-electron chi connectivity index (χ2n) is 3.64. The molecule has 6 nitrogen and oxygen atoms in total. The summed E-state index contributed by atoms with van der Waals surface area (Å²) in [5.41, 5.74) is 0. The normalized spacial score (nSPS) is 11.2. The van der Waals surface area contributed by atoms with Crippen LogP contribution < -0.4 is 9.46 Å². The van der Waals surface area contributed by atoms with Gasteiger partial charge in [-0.15, -0.1) is 10.2 Å². The van der Waals surface area contributed by atoms with Crippen molar-refractivity contribution in [2.75, 3.05) is 11.8 Å². The first kappa shape index (κ1) is 15.0. The Bertz CT molecular complexity index is 722. The summed E-state index contributed by atoms with van der Waals surface area (Å²) in [5.74, 6) is 0.291. The lowest BCUT2D eigenvalue weighted by Gasteiger charge is -2.11. The van der Waals surface area contributed by atoms with Crippen molar-refractivity contribution in [3.8, 4) is 5.75 Å². The molecule has 2 aromatic rings. The summed E-state index contributed by atoms with van der Waals surface area (Å²) in [6.07, 6.45) is 0. The number of hydrogen-bond acceptors (Lipinski definition) is 5. The van der Waals surface area contributed by atoms with E-state index in [-0.39, 0.29) is 21.6 Å². The van der Waals surface area contributed by atoms with Gasteiger partial charge in [0, 0.05) is 4.47 Å². The van der Waals surface area contributed by atoms with E-state index in [0.717, 1.165) is 0 Å². The molecule has 9 heteroatoms. The molecule has 20 heavy (non-hydrogen) atoms. The van der Waals surface area contributed by atoms with Gasteiger partial charge in [0.05, 0.1) is 7.11 Å². The molecular formula is C11H9BrClN3O3S. The van der Waals surface area contributed by atoms with E-state index in [2.05, 4.69) is 30.8 Å². The highest BCUT2D eigenvalue weighted by molar-refractivity contribution is 9.10. The third-order valence-corrected chi connectivity index (χ3v) is 4.36. The minimum Gasteiger partial charge on any atom is -0.495 e. The van der Waals surface area contributed by atoms with Crippen molar-refractivity contribution in [2.45, 2.75) is 4.90 Å². The molecule has 0 fully saturated rings. The number of nitrogens with one attached hydrogen (secondary N) is 1. The van der Waals surface area contributed by atoms with E-state index >= 15 is 0 Å². The van der Waals surface area contributed by atoms with Gasteiger partial charge in [0.1, 0.15) is 10.6 Å². The highest BCUT2D eigenvalue weighted by atomic mass is 79.9. The van der Waals surface area contributed by atoms with Gasteiger partial charge in [0.2, 0.25) is 0 Å². The Morgan fingerprint density at radius 2 is 2.00 bits per heavy atom. The third kappa shape index (κ3) is 3.38. The van der Waals surface area contributed by atoms with E-state index in [1.807, 2.05) is 0 Å². The van der Waals surface area contributed by atoms with Crippen LogP contribution in [0.15, 0.2) is 39.7 Å². The van der Waals surface area contributed by atoms with E-state index in [1.165, 1.54) is 25.3 Å². The monoisotopic (exact) mass is 377 g/mol. The summed E-state index contributed by atoms with van der Waals surface area (Å²) in [6.45, 7) is 0. The van der Waals surface area contributed by atoms with Crippen molar-refractivity contribution < 1.29 is 13.2 Å². The molecule has 0 aliphatic rings. The van der Waals surface area contributed by atoms with Crippen LogP contribution in [0, 0.1) is 0 Å². The minimum atomic E-state index is -3.84. The van der Waals surface area contributed by atoms with Gasteiger partial charge < -0.3 is 4.74 Å². The predicted octanol–water partition coefficient (Wildman–Crippen LogP) is 2.70. The van der Waals surface area contributed by atoms with Crippen LogP contribution >= 0.6 is 27.5 Å². The number of halogens is 2. The maximum atomic E-state index is 12.3. The third-order valence-electron chi connectivity index (χ3n) is 2.29. The van der Waals surface area contributed by atoms with Gasteiger partial charge in [0.15, 0.2) is 11.0 Å². The van der Waals surface area contributed by atoms with Crippen molar-refractivity contribution in [2.24, 2.45) is 0 Å². The number of anilines is 1. The number of rotatable bonds is 4. The summed E-state index contributed by atoms with van der Waals surface area (Å²) in [6, 6.07) is 7.51. The zero-order valence-corrected chi connectivity index (χ0v) is 13.3. The van der Waals surface area contributed by atoms with Crippen LogP contribution in [0.25, 0.3) is 0 Å². The molecule has 0 spiro atoms. The molecule has 1 N–H and O–H groups in total. The molecule has 0 unspecified atom stereocenters. The molecule has 1 aromatic carbocycles. The van der Waals surface area contributed by atoms with Crippen LogP contribution in [0.5, 0.6) is 5.75 Å². The van der Waals surface area contributed by atoms with E-state index in [4.69, 9.17) is 16.3 Å². The van der Waals surface area contributed by atoms with Gasteiger partial charge in [-0.2, -0.15) is 0 Å². The standard InChI is InChI=1S/C11H9BrClN3O3S/c1-19-8-3-2-7(12)6-9(8)20(17,18)16-11-5-4-10(13)14-15-11/h2-6H,1H3,(H,15,16). The average Bonchev–Trinajstić information content (AvgIpc) is 2.41. The Balaban J connectivity index is 2.40. The SMILES string of the molecule is COc1ccc(Br)cc1S(=O)(=O)Nc1ccc(Cl)nn1. The Labute approximate surface area is 129 Å². The van der Waals surface area contributed by atoms with Crippen molar-refractivity contribution in [3.63, 3.8) is 0 Å². The molecule has 0 radical (unpaired) electrons. The van der Waals surface area contributed by atoms with Gasteiger partial charge in [-0.1, -0.05) is 27.5 Å². The van der Waals surface area contributed by atoms with Crippen LogP contribution in [-0.4, -0.2) is 25.7 Å². The molecule has 0 bridgehead atoms. The molecule has 2 rings (SSSR count). The molecule has 1 aromatic heterocycles. The predicted molar refractivity (Wildman–Crippen MR) is 78.5 cm³/mol. The Hall–Kier alpha value is -1.38. The fourth-order valence-corrected chi connectivity index (χ4v) is 3.23. The summed E-state index contributed by atoms with van der Waals surface area (Å²) >= 11 is 8.81. The van der Waals surface area contributed by atoms with E-state index in [1.54, 1.807) is 12.1 Å². The van der Waals surface area contributed by atoms with Crippen LogP contribution in [-0.2, 0) is 10.0 Å². The molecular weight excluding hydrogens is 370 g/mol. The molecule has 0 atom stereocenters. The molecule has 0 saturated carbocycles. The van der Waals surface area contributed by atoms with Gasteiger partial charge in [0.25, 0.3) is 10.0 Å². The number of aromatic nitrogens is 2. The number of ether oxygens (including phenoxy) is 1. The van der Waals surface area contributed by atoms with Crippen LogP contribution in [0.3, 0.4) is 0 Å². The summed E-state index contributed by atoms with van der Waals surface area (Å²) in [4.78, 5) is -0.00822. The maximum absolute atomic E-state index is 12.3. The van der Waals surface area contributed by atoms with Gasteiger partial charge in [-0.05, 0) is 30.3 Å². The molecule has 106 valence electrons. The average molecular weight is 379 g/mol. The van der Waals surface area contributed by atoms with Gasteiger partial charge >= 0.3 is 0 Å². The van der Waals surface area contributed by atoms with Crippen molar-refractivity contribution in [3.05, 3.63) is 40.0 Å². The molecule has 0 aliphatic carbocycles. The van der Waals surface area contributed by atoms with E-state index < -0.39 is 10.0 Å². The van der Waals surface area contributed by atoms with E-state index in [9.17, 15) is 8.42 Å². The lowest BCUT2D eigenvalue weighted by molar-refractivity contribution is 0.403. The van der Waals surface area contributed by atoms with Crippen LogP contribution in [0.4, 0.5) is 5.82 Å². The second-order valence-corrected chi connectivity index (χ2v) is 6.60. The Morgan fingerprint density at radius 3 is 2.60 bits per heavy atom. The molecule has 0 saturated heterocycles. The number of methoxy groups -OCH3 is 1.